The van der Waals surface area contributed by atoms with Crippen LogP contribution < -0.4 is 4.18 Å². The van der Waals surface area contributed by atoms with E-state index in [0.717, 1.165) is 28.0 Å². The summed E-state index contributed by atoms with van der Waals surface area (Å²) in [5.41, 5.74) is 3.14. The average Bonchev–Trinajstić information content (AvgIpc) is 3.09. The monoisotopic (exact) mass is 378 g/mol. The molecule has 0 unspecified atom stereocenters. The van der Waals surface area contributed by atoms with Gasteiger partial charge >= 0.3 is 10.1 Å². The van der Waals surface area contributed by atoms with Gasteiger partial charge in [0.25, 0.3) is 0 Å². The van der Waals surface area contributed by atoms with Gasteiger partial charge in [-0.1, -0.05) is 42.0 Å². The zero-order valence-electron chi connectivity index (χ0n) is 13.2. The second-order valence-electron chi connectivity index (χ2n) is 5.43. The van der Waals surface area contributed by atoms with Crippen LogP contribution in [-0.2, 0) is 10.1 Å². The molecular weight excluding hydrogens is 360 g/mol. The zero-order valence-corrected chi connectivity index (χ0v) is 15.7. The minimum Gasteiger partial charge on any atom is -0.379 e. The smallest absolute Gasteiger partial charge is 0.332 e. The van der Waals surface area contributed by atoms with Crippen molar-refractivity contribution in [3.63, 3.8) is 0 Å². The summed E-state index contributed by atoms with van der Waals surface area (Å²) in [4.78, 5) is 0. The SMILES string of the molecule is Cc1ccc(C=CS(=O)(=O)Oc2ccc(C3SCCS3)cc2)cc1. The summed E-state index contributed by atoms with van der Waals surface area (Å²) in [6.07, 6.45) is 1.54. The molecule has 1 fully saturated rings. The molecule has 6 heteroatoms. The van der Waals surface area contributed by atoms with Crippen LogP contribution in [0.4, 0.5) is 0 Å². The molecule has 2 aromatic carbocycles. The minimum atomic E-state index is -3.77. The molecular formula is C18H18O3S3. The van der Waals surface area contributed by atoms with Gasteiger partial charge in [-0.05, 0) is 36.3 Å². The van der Waals surface area contributed by atoms with Crippen LogP contribution in [-0.4, -0.2) is 19.9 Å². The lowest BCUT2D eigenvalue weighted by Gasteiger charge is -2.09. The highest BCUT2D eigenvalue weighted by Gasteiger charge is 2.18. The Kier molecular flexibility index (Phi) is 5.58. The van der Waals surface area contributed by atoms with Gasteiger partial charge in [0.05, 0.1) is 9.99 Å². The van der Waals surface area contributed by atoms with E-state index in [2.05, 4.69) is 0 Å². The molecule has 0 amide bonds. The maximum Gasteiger partial charge on any atom is 0.332 e. The summed E-state index contributed by atoms with van der Waals surface area (Å²) >= 11 is 3.83. The van der Waals surface area contributed by atoms with Gasteiger partial charge in [0.1, 0.15) is 5.75 Å². The second kappa shape index (κ2) is 7.68. The molecule has 3 rings (SSSR count). The third-order valence-electron chi connectivity index (χ3n) is 3.49. The normalized spacial score (nSPS) is 15.9. The molecule has 126 valence electrons. The fourth-order valence-electron chi connectivity index (χ4n) is 2.23. The first kappa shape index (κ1) is 17.5. The van der Waals surface area contributed by atoms with E-state index in [1.54, 1.807) is 12.1 Å². The highest BCUT2D eigenvalue weighted by molar-refractivity contribution is 8.19. The van der Waals surface area contributed by atoms with Crippen molar-refractivity contribution in [3.8, 4) is 5.75 Å². The van der Waals surface area contributed by atoms with Crippen LogP contribution in [0.25, 0.3) is 6.08 Å². The summed E-state index contributed by atoms with van der Waals surface area (Å²) in [7, 11) is -3.77. The number of thioether (sulfide) groups is 2. The Balaban J connectivity index is 1.66. The van der Waals surface area contributed by atoms with Crippen LogP contribution in [0, 0.1) is 6.92 Å². The molecule has 0 atom stereocenters. The highest BCUT2D eigenvalue weighted by Crippen LogP contribution is 2.45. The topological polar surface area (TPSA) is 43.4 Å². The van der Waals surface area contributed by atoms with Crippen molar-refractivity contribution >= 4 is 39.7 Å². The molecule has 24 heavy (non-hydrogen) atoms. The first-order chi connectivity index (χ1) is 11.5. The molecule has 2 aromatic rings. The Morgan fingerprint density at radius 1 is 1.00 bits per heavy atom. The summed E-state index contributed by atoms with van der Waals surface area (Å²) in [5.74, 6) is 2.65. The lowest BCUT2D eigenvalue weighted by molar-refractivity contribution is 0.497. The van der Waals surface area contributed by atoms with E-state index >= 15 is 0 Å². The Morgan fingerprint density at radius 3 is 2.25 bits per heavy atom. The molecule has 1 aliphatic rings. The number of benzene rings is 2. The molecule has 0 radical (unpaired) electrons. The maximum absolute atomic E-state index is 12.1. The van der Waals surface area contributed by atoms with E-state index in [-0.39, 0.29) is 0 Å². The van der Waals surface area contributed by atoms with Crippen LogP contribution in [0.5, 0.6) is 5.75 Å². The summed E-state index contributed by atoms with van der Waals surface area (Å²) in [6.45, 7) is 1.99. The Morgan fingerprint density at radius 2 is 1.62 bits per heavy atom. The van der Waals surface area contributed by atoms with Gasteiger partial charge in [0.15, 0.2) is 0 Å². The predicted octanol–water partition coefficient (Wildman–Crippen LogP) is 4.85. The van der Waals surface area contributed by atoms with Gasteiger partial charge in [-0.25, -0.2) is 0 Å². The van der Waals surface area contributed by atoms with Crippen molar-refractivity contribution in [2.24, 2.45) is 0 Å². The van der Waals surface area contributed by atoms with Crippen molar-refractivity contribution in [1.29, 1.82) is 0 Å². The predicted molar refractivity (Wildman–Crippen MR) is 104 cm³/mol. The largest absolute Gasteiger partial charge is 0.379 e. The molecule has 1 heterocycles. The van der Waals surface area contributed by atoms with E-state index in [1.165, 1.54) is 11.6 Å². The minimum absolute atomic E-state index is 0.334. The van der Waals surface area contributed by atoms with Crippen LogP contribution >= 0.6 is 23.5 Å². The van der Waals surface area contributed by atoms with Gasteiger partial charge in [-0.3, -0.25) is 0 Å². The average molecular weight is 379 g/mol. The standard InChI is InChI=1S/C18H18O3S3/c1-14-2-4-15(5-3-14)10-13-24(19,20)21-17-8-6-16(7-9-17)18-22-11-12-23-18/h2-10,13,18H,11-12H2,1H3. The molecule has 1 saturated heterocycles. The van der Waals surface area contributed by atoms with Crippen LogP contribution in [0.3, 0.4) is 0 Å². The Labute approximate surface area is 151 Å². The fourth-order valence-corrected chi connectivity index (χ4v) is 5.85. The van der Waals surface area contributed by atoms with Crippen molar-refractivity contribution in [3.05, 3.63) is 70.6 Å². The summed E-state index contributed by atoms with van der Waals surface area (Å²) < 4.78 is 29.7. The lowest BCUT2D eigenvalue weighted by Crippen LogP contribution is -2.05. The van der Waals surface area contributed by atoms with Crippen LogP contribution in [0.1, 0.15) is 21.3 Å². The van der Waals surface area contributed by atoms with Crippen molar-refractivity contribution in [1.82, 2.24) is 0 Å². The second-order valence-corrected chi connectivity index (χ2v) is 9.58. The van der Waals surface area contributed by atoms with Crippen molar-refractivity contribution in [2.45, 2.75) is 11.5 Å². The van der Waals surface area contributed by atoms with Crippen molar-refractivity contribution < 1.29 is 12.6 Å². The summed E-state index contributed by atoms with van der Waals surface area (Å²) in [6, 6.07) is 14.9. The van der Waals surface area contributed by atoms with Crippen LogP contribution in [0.2, 0.25) is 0 Å². The first-order valence-corrected chi connectivity index (χ1v) is 11.1. The number of aryl methyl sites for hydroxylation is 1. The Bertz CT molecular complexity index is 804. The fraction of sp³-hybridized carbons (Fsp3) is 0.222. The van der Waals surface area contributed by atoms with E-state index < -0.39 is 10.1 Å². The molecule has 3 nitrogen and oxygen atoms in total. The van der Waals surface area contributed by atoms with E-state index in [1.807, 2.05) is 66.8 Å². The lowest BCUT2D eigenvalue weighted by atomic mass is 10.2. The number of rotatable bonds is 5. The van der Waals surface area contributed by atoms with Crippen molar-refractivity contribution in [2.75, 3.05) is 11.5 Å². The zero-order chi connectivity index (χ0) is 17.0. The first-order valence-electron chi connectivity index (χ1n) is 7.54. The molecule has 0 N–H and O–H groups in total. The van der Waals surface area contributed by atoms with Gasteiger partial charge in [-0.2, -0.15) is 8.42 Å². The summed E-state index contributed by atoms with van der Waals surface area (Å²) in [5, 5.41) is 1.09. The van der Waals surface area contributed by atoms with E-state index in [0.29, 0.717) is 10.3 Å². The highest BCUT2D eigenvalue weighted by atomic mass is 32.2. The molecule has 0 aromatic heterocycles. The molecule has 0 bridgehead atoms. The van der Waals surface area contributed by atoms with Gasteiger partial charge in [0.2, 0.25) is 0 Å². The van der Waals surface area contributed by atoms with E-state index in [4.69, 9.17) is 4.18 Å². The maximum atomic E-state index is 12.1. The third kappa shape index (κ3) is 4.82. The van der Waals surface area contributed by atoms with E-state index in [9.17, 15) is 8.42 Å². The third-order valence-corrected chi connectivity index (χ3v) is 7.49. The Hall–Kier alpha value is -1.37. The van der Waals surface area contributed by atoms with Crippen LogP contribution in [0.15, 0.2) is 53.9 Å². The van der Waals surface area contributed by atoms with Gasteiger partial charge < -0.3 is 4.18 Å². The van der Waals surface area contributed by atoms with Gasteiger partial charge in [-0.15, -0.1) is 23.5 Å². The molecule has 0 saturated carbocycles. The molecule has 0 aliphatic carbocycles. The quantitative estimate of drug-likeness (QED) is 0.696. The molecule has 0 spiro atoms. The number of hydrogen-bond donors (Lipinski definition) is 0. The van der Waals surface area contributed by atoms with Gasteiger partial charge in [0, 0.05) is 11.5 Å². The molecule has 1 aliphatic heterocycles. The number of hydrogen-bond acceptors (Lipinski definition) is 5.